The minimum absolute atomic E-state index is 0.0897. The topological polar surface area (TPSA) is 37.3 Å². The quantitative estimate of drug-likeness (QED) is 0.600. The highest BCUT2D eigenvalue weighted by atomic mass is 16.2. The van der Waals surface area contributed by atoms with Crippen LogP contribution in [0, 0.1) is 0 Å². The first-order valence-electron chi connectivity index (χ1n) is 7.44. The van der Waals surface area contributed by atoms with Gasteiger partial charge >= 0.3 is 0 Å². The van der Waals surface area contributed by atoms with E-state index in [0.29, 0.717) is 26.2 Å². The molecule has 0 aliphatic carbocycles. The zero-order valence-electron chi connectivity index (χ0n) is 13.0. The Hall–Kier alpha value is -2.33. The molecule has 0 aliphatic heterocycles. The molecule has 22 heavy (non-hydrogen) atoms. The van der Waals surface area contributed by atoms with E-state index in [2.05, 4.69) is 11.9 Å². The number of aryl methyl sites for hydroxylation is 1. The van der Waals surface area contributed by atoms with Crippen LogP contribution in [0.15, 0.2) is 61.3 Å². The Morgan fingerprint density at radius 3 is 2.64 bits per heavy atom. The van der Waals surface area contributed by atoms with E-state index < -0.39 is 0 Å². The van der Waals surface area contributed by atoms with Crippen LogP contribution in [0.1, 0.15) is 11.3 Å². The lowest BCUT2D eigenvalue weighted by atomic mass is 10.2. The number of amides is 1. The van der Waals surface area contributed by atoms with E-state index in [1.807, 2.05) is 65.2 Å². The molecule has 0 unspecified atom stereocenters. The summed E-state index contributed by atoms with van der Waals surface area (Å²) in [5.41, 5.74) is 2.25. The van der Waals surface area contributed by atoms with Crippen molar-refractivity contribution in [2.24, 2.45) is 7.05 Å². The van der Waals surface area contributed by atoms with E-state index in [9.17, 15) is 4.79 Å². The molecule has 0 saturated carbocycles. The van der Waals surface area contributed by atoms with Crippen LogP contribution in [0.3, 0.4) is 0 Å². The minimum Gasteiger partial charge on any atom is -0.353 e. The van der Waals surface area contributed by atoms with Gasteiger partial charge in [-0.2, -0.15) is 0 Å². The number of nitrogens with zero attached hydrogens (tertiary/aromatic N) is 2. The highest BCUT2D eigenvalue weighted by Gasteiger charge is 2.15. The number of carbonyl (C=O) groups excluding carboxylic acids is 1. The fourth-order valence-electron chi connectivity index (χ4n) is 2.29. The van der Waals surface area contributed by atoms with E-state index in [1.54, 1.807) is 6.08 Å². The summed E-state index contributed by atoms with van der Waals surface area (Å²) < 4.78 is 2.04. The standard InChI is InChI=1S/C18H23N3O/c1-3-11-19-13-18(22)21(14-16-8-5-4-6-9-16)15-17-10-7-12-20(17)2/h3-10,12,19H,1,11,13-15H2,2H3. The normalized spacial score (nSPS) is 10.4. The summed E-state index contributed by atoms with van der Waals surface area (Å²) in [5.74, 6) is 0.0897. The van der Waals surface area contributed by atoms with Gasteiger partial charge in [-0.3, -0.25) is 4.79 Å². The molecular weight excluding hydrogens is 274 g/mol. The van der Waals surface area contributed by atoms with E-state index in [1.165, 1.54) is 0 Å². The van der Waals surface area contributed by atoms with Crippen molar-refractivity contribution >= 4 is 5.91 Å². The zero-order chi connectivity index (χ0) is 15.8. The van der Waals surface area contributed by atoms with Crippen LogP contribution in [0.2, 0.25) is 0 Å². The van der Waals surface area contributed by atoms with Crippen LogP contribution in [0.25, 0.3) is 0 Å². The predicted octanol–water partition coefficient (Wildman–Crippen LogP) is 2.33. The van der Waals surface area contributed by atoms with E-state index in [4.69, 9.17) is 0 Å². The molecule has 0 saturated heterocycles. The highest BCUT2D eigenvalue weighted by Crippen LogP contribution is 2.10. The predicted molar refractivity (Wildman–Crippen MR) is 89.2 cm³/mol. The van der Waals surface area contributed by atoms with Gasteiger partial charge in [0, 0.05) is 32.0 Å². The van der Waals surface area contributed by atoms with Gasteiger partial charge in [-0.05, 0) is 17.7 Å². The third-order valence-electron chi connectivity index (χ3n) is 3.54. The molecule has 0 atom stereocenters. The Bertz CT molecular complexity index is 604. The maximum Gasteiger partial charge on any atom is 0.237 e. The smallest absolute Gasteiger partial charge is 0.237 e. The third-order valence-corrected chi connectivity index (χ3v) is 3.54. The van der Waals surface area contributed by atoms with Crippen LogP contribution in [-0.2, 0) is 24.9 Å². The van der Waals surface area contributed by atoms with Crippen molar-refractivity contribution in [1.82, 2.24) is 14.8 Å². The van der Waals surface area contributed by atoms with Gasteiger partial charge in [0.25, 0.3) is 0 Å². The van der Waals surface area contributed by atoms with Crippen molar-refractivity contribution in [3.8, 4) is 0 Å². The molecule has 2 rings (SSSR count). The summed E-state index contributed by atoms with van der Waals surface area (Å²) in [6, 6.07) is 14.1. The summed E-state index contributed by atoms with van der Waals surface area (Å²) in [6.45, 7) is 5.82. The SMILES string of the molecule is C=CCNCC(=O)N(Cc1ccccc1)Cc1cccn1C. The number of aromatic nitrogens is 1. The number of rotatable bonds is 8. The molecule has 1 aromatic heterocycles. The fourth-order valence-corrected chi connectivity index (χ4v) is 2.29. The lowest BCUT2D eigenvalue weighted by Crippen LogP contribution is -2.37. The largest absolute Gasteiger partial charge is 0.353 e. The molecule has 2 aromatic rings. The second-order valence-corrected chi connectivity index (χ2v) is 5.27. The van der Waals surface area contributed by atoms with Crippen molar-refractivity contribution in [1.29, 1.82) is 0 Å². The fraction of sp³-hybridized carbons (Fsp3) is 0.278. The molecule has 4 nitrogen and oxygen atoms in total. The summed E-state index contributed by atoms with van der Waals surface area (Å²) in [6.07, 6.45) is 3.75. The van der Waals surface area contributed by atoms with Crippen molar-refractivity contribution in [2.75, 3.05) is 13.1 Å². The van der Waals surface area contributed by atoms with Crippen molar-refractivity contribution in [3.05, 3.63) is 72.6 Å². The summed E-state index contributed by atoms with van der Waals surface area (Å²) in [4.78, 5) is 14.4. The molecule has 4 heteroatoms. The van der Waals surface area contributed by atoms with Crippen LogP contribution in [-0.4, -0.2) is 28.5 Å². The van der Waals surface area contributed by atoms with Crippen molar-refractivity contribution in [3.63, 3.8) is 0 Å². The van der Waals surface area contributed by atoms with Crippen LogP contribution in [0.5, 0.6) is 0 Å². The molecule has 1 aromatic carbocycles. The molecular formula is C18H23N3O. The maximum absolute atomic E-state index is 12.5. The number of hydrogen-bond donors (Lipinski definition) is 1. The molecule has 0 bridgehead atoms. The van der Waals surface area contributed by atoms with Crippen molar-refractivity contribution in [2.45, 2.75) is 13.1 Å². The van der Waals surface area contributed by atoms with Gasteiger partial charge in [0.15, 0.2) is 0 Å². The molecule has 0 fully saturated rings. The molecule has 1 N–H and O–H groups in total. The van der Waals surface area contributed by atoms with Gasteiger partial charge in [0.05, 0.1) is 13.1 Å². The van der Waals surface area contributed by atoms with E-state index >= 15 is 0 Å². The van der Waals surface area contributed by atoms with Gasteiger partial charge in [-0.1, -0.05) is 36.4 Å². The lowest BCUT2D eigenvalue weighted by Gasteiger charge is -2.23. The molecule has 0 spiro atoms. The van der Waals surface area contributed by atoms with E-state index in [-0.39, 0.29) is 5.91 Å². The second-order valence-electron chi connectivity index (χ2n) is 5.27. The first-order valence-corrected chi connectivity index (χ1v) is 7.44. The first kappa shape index (κ1) is 16.0. The second kappa shape index (κ2) is 8.20. The highest BCUT2D eigenvalue weighted by molar-refractivity contribution is 5.78. The minimum atomic E-state index is 0.0897. The van der Waals surface area contributed by atoms with Gasteiger partial charge in [0.2, 0.25) is 5.91 Å². The number of benzene rings is 1. The molecule has 1 heterocycles. The van der Waals surface area contributed by atoms with Crippen LogP contribution < -0.4 is 5.32 Å². The Balaban J connectivity index is 2.07. The molecule has 1 amide bonds. The number of hydrogen-bond acceptors (Lipinski definition) is 2. The molecule has 0 aliphatic rings. The maximum atomic E-state index is 12.5. The summed E-state index contributed by atoms with van der Waals surface area (Å²) in [7, 11) is 2.00. The van der Waals surface area contributed by atoms with Gasteiger partial charge in [-0.25, -0.2) is 0 Å². The average molecular weight is 297 g/mol. The molecule has 0 radical (unpaired) electrons. The lowest BCUT2D eigenvalue weighted by molar-refractivity contribution is -0.131. The summed E-state index contributed by atoms with van der Waals surface area (Å²) in [5, 5.41) is 3.08. The number of carbonyl (C=O) groups is 1. The van der Waals surface area contributed by atoms with Crippen LogP contribution >= 0.6 is 0 Å². The number of nitrogens with one attached hydrogen (secondary N) is 1. The average Bonchev–Trinajstić information content (AvgIpc) is 2.93. The Labute approximate surface area is 132 Å². The first-order chi connectivity index (χ1) is 10.7. The van der Waals surface area contributed by atoms with Crippen LogP contribution in [0.4, 0.5) is 0 Å². The summed E-state index contributed by atoms with van der Waals surface area (Å²) >= 11 is 0. The third kappa shape index (κ3) is 4.60. The Kier molecular flexibility index (Phi) is 5.98. The van der Waals surface area contributed by atoms with Gasteiger partial charge in [-0.15, -0.1) is 6.58 Å². The molecule has 116 valence electrons. The monoisotopic (exact) mass is 297 g/mol. The van der Waals surface area contributed by atoms with Gasteiger partial charge < -0.3 is 14.8 Å². The van der Waals surface area contributed by atoms with Gasteiger partial charge in [0.1, 0.15) is 0 Å². The Morgan fingerprint density at radius 1 is 1.23 bits per heavy atom. The Morgan fingerprint density at radius 2 is 2.00 bits per heavy atom. The zero-order valence-corrected chi connectivity index (χ0v) is 13.0. The van der Waals surface area contributed by atoms with E-state index in [0.717, 1.165) is 11.3 Å². The van der Waals surface area contributed by atoms with Crippen molar-refractivity contribution < 1.29 is 4.79 Å².